The summed E-state index contributed by atoms with van der Waals surface area (Å²) < 4.78 is 0. The number of nitrogens with one attached hydrogen (secondary N) is 2. The molecule has 41 heavy (non-hydrogen) atoms. The summed E-state index contributed by atoms with van der Waals surface area (Å²) in [4.78, 5) is 53.9. The van der Waals surface area contributed by atoms with E-state index in [1.54, 1.807) is 31.3 Å². The van der Waals surface area contributed by atoms with Crippen molar-refractivity contribution >= 4 is 52.4 Å². The van der Waals surface area contributed by atoms with Crippen LogP contribution in [0.4, 0.5) is 16.2 Å². The van der Waals surface area contributed by atoms with E-state index in [1.807, 2.05) is 30.3 Å². The van der Waals surface area contributed by atoms with E-state index in [-0.39, 0.29) is 30.2 Å². The van der Waals surface area contributed by atoms with Crippen molar-refractivity contribution in [3.05, 3.63) is 104 Å². The number of likely N-dealkylation sites (tertiary alicyclic amines) is 1. The maximum atomic E-state index is 13.6. The van der Waals surface area contributed by atoms with E-state index in [2.05, 4.69) is 10.6 Å². The molecule has 10 nitrogen and oxygen atoms in total. The third kappa shape index (κ3) is 7.53. The van der Waals surface area contributed by atoms with E-state index in [9.17, 15) is 24.5 Å². The molecule has 214 valence electrons. The number of nitrogens with zero attached hydrogens (tertiary/aromatic N) is 3. The zero-order valence-electron chi connectivity index (χ0n) is 22.3. The van der Waals surface area contributed by atoms with Gasteiger partial charge in [-0.05, 0) is 42.2 Å². The number of nitro benzene ring substituents is 1. The van der Waals surface area contributed by atoms with Crippen LogP contribution in [0.3, 0.4) is 0 Å². The molecule has 2 N–H and O–H groups in total. The number of halogens is 2. The topological polar surface area (TPSA) is 125 Å². The minimum atomic E-state index is -0.950. The maximum Gasteiger partial charge on any atom is 0.322 e. The predicted molar refractivity (Wildman–Crippen MR) is 157 cm³/mol. The Hall–Kier alpha value is -4.15. The number of amides is 4. The van der Waals surface area contributed by atoms with E-state index in [0.717, 1.165) is 5.56 Å². The summed E-state index contributed by atoms with van der Waals surface area (Å²) in [7, 11) is 1.66. The first-order valence-electron chi connectivity index (χ1n) is 13.0. The van der Waals surface area contributed by atoms with Gasteiger partial charge in [-0.25, -0.2) is 4.79 Å². The molecule has 1 fully saturated rings. The van der Waals surface area contributed by atoms with Crippen LogP contribution in [0.5, 0.6) is 0 Å². The van der Waals surface area contributed by atoms with Gasteiger partial charge in [0, 0.05) is 32.6 Å². The van der Waals surface area contributed by atoms with Crippen LogP contribution in [-0.2, 0) is 22.6 Å². The lowest BCUT2D eigenvalue weighted by atomic mass is 10.0. The van der Waals surface area contributed by atoms with Gasteiger partial charge in [0.25, 0.3) is 5.69 Å². The average Bonchev–Trinajstić information content (AvgIpc) is 3.45. The molecule has 3 aromatic rings. The van der Waals surface area contributed by atoms with Gasteiger partial charge >= 0.3 is 6.03 Å². The zero-order valence-corrected chi connectivity index (χ0v) is 23.8. The van der Waals surface area contributed by atoms with Crippen LogP contribution in [0.2, 0.25) is 10.0 Å². The lowest BCUT2D eigenvalue weighted by Crippen LogP contribution is -2.54. The number of hydrogen-bond acceptors (Lipinski definition) is 5. The van der Waals surface area contributed by atoms with Gasteiger partial charge in [-0.15, -0.1) is 0 Å². The number of benzene rings is 3. The Morgan fingerprint density at radius 3 is 2.44 bits per heavy atom. The molecule has 0 aliphatic carbocycles. The fourth-order valence-electron chi connectivity index (χ4n) is 4.78. The van der Waals surface area contributed by atoms with Crippen molar-refractivity contribution in [2.75, 3.05) is 18.9 Å². The van der Waals surface area contributed by atoms with Crippen molar-refractivity contribution in [2.24, 2.45) is 0 Å². The highest BCUT2D eigenvalue weighted by molar-refractivity contribution is 6.42. The Labute approximate surface area is 247 Å². The van der Waals surface area contributed by atoms with Gasteiger partial charge in [-0.1, -0.05) is 71.7 Å². The SMILES string of the molecule is CN(Cc1ccccc1)C(=O)[C@@H](Cc1ccc(Cl)c(Cl)c1)NC(=O)[C@H]1CCCN1C(=O)Nc1ccccc1[N+](=O)[O-]. The third-order valence-electron chi connectivity index (χ3n) is 6.84. The minimum Gasteiger partial charge on any atom is -0.342 e. The van der Waals surface area contributed by atoms with Gasteiger partial charge in [0.15, 0.2) is 0 Å². The van der Waals surface area contributed by atoms with Gasteiger partial charge in [-0.2, -0.15) is 0 Å². The number of likely N-dealkylation sites (N-methyl/N-ethyl adjacent to an activating group) is 1. The van der Waals surface area contributed by atoms with Crippen LogP contribution in [0.15, 0.2) is 72.8 Å². The van der Waals surface area contributed by atoms with Crippen molar-refractivity contribution < 1.29 is 19.3 Å². The van der Waals surface area contributed by atoms with Crippen molar-refractivity contribution in [1.82, 2.24) is 15.1 Å². The molecular formula is C29H29Cl2N5O5. The number of urea groups is 1. The van der Waals surface area contributed by atoms with Crippen LogP contribution < -0.4 is 10.6 Å². The first kappa shape index (κ1) is 29.8. The molecule has 0 unspecified atom stereocenters. The fraction of sp³-hybridized carbons (Fsp3) is 0.276. The van der Waals surface area contributed by atoms with Gasteiger partial charge in [0.2, 0.25) is 11.8 Å². The van der Waals surface area contributed by atoms with Gasteiger partial charge < -0.3 is 20.4 Å². The standard InChI is InChI=1S/C29H29Cl2N5O5/c1-34(18-19-8-3-2-4-9-19)28(38)24(17-20-13-14-21(30)22(31)16-20)32-27(37)26-12-7-15-35(26)29(39)33-23-10-5-6-11-25(23)36(40)41/h2-6,8-11,13-14,16,24,26H,7,12,15,17-18H2,1H3,(H,32,37)(H,33,39)/t24-,26-/m1/s1. The summed E-state index contributed by atoms with van der Waals surface area (Å²) in [5, 5.41) is 17.5. The molecule has 0 bridgehead atoms. The molecule has 1 aliphatic heterocycles. The monoisotopic (exact) mass is 597 g/mol. The lowest BCUT2D eigenvalue weighted by molar-refractivity contribution is -0.383. The van der Waals surface area contributed by atoms with Crippen LogP contribution in [0.25, 0.3) is 0 Å². The Balaban J connectivity index is 1.51. The first-order chi connectivity index (χ1) is 19.6. The molecular weight excluding hydrogens is 569 g/mol. The van der Waals surface area contributed by atoms with Crippen molar-refractivity contribution in [2.45, 2.75) is 37.9 Å². The number of anilines is 1. The fourth-order valence-corrected chi connectivity index (χ4v) is 5.10. The van der Waals surface area contributed by atoms with E-state index in [1.165, 1.54) is 28.0 Å². The molecule has 3 aromatic carbocycles. The van der Waals surface area contributed by atoms with Crippen LogP contribution in [-0.4, -0.2) is 58.2 Å². The molecule has 1 heterocycles. The summed E-state index contributed by atoms with van der Waals surface area (Å²) >= 11 is 12.3. The predicted octanol–water partition coefficient (Wildman–Crippen LogP) is 5.28. The molecule has 12 heteroatoms. The Morgan fingerprint density at radius 2 is 1.73 bits per heavy atom. The van der Waals surface area contributed by atoms with Crippen LogP contribution in [0.1, 0.15) is 24.0 Å². The second-order valence-corrected chi connectivity index (χ2v) is 10.6. The van der Waals surface area contributed by atoms with Gasteiger partial charge in [0.1, 0.15) is 17.8 Å². The van der Waals surface area contributed by atoms with Crippen LogP contribution in [0, 0.1) is 10.1 Å². The highest BCUT2D eigenvalue weighted by Crippen LogP contribution is 2.26. The quantitative estimate of drug-likeness (QED) is 0.256. The Morgan fingerprint density at radius 1 is 1.02 bits per heavy atom. The molecule has 0 aromatic heterocycles. The number of rotatable bonds is 9. The van der Waals surface area contributed by atoms with Crippen molar-refractivity contribution in [3.63, 3.8) is 0 Å². The zero-order chi connectivity index (χ0) is 29.5. The van der Waals surface area contributed by atoms with E-state index in [4.69, 9.17) is 23.2 Å². The second kappa shape index (κ2) is 13.5. The van der Waals surface area contributed by atoms with E-state index in [0.29, 0.717) is 35.0 Å². The lowest BCUT2D eigenvalue weighted by Gasteiger charge is -2.28. The van der Waals surface area contributed by atoms with Crippen LogP contribution >= 0.6 is 23.2 Å². The molecule has 0 saturated carbocycles. The number of nitro groups is 1. The van der Waals surface area contributed by atoms with E-state index < -0.39 is 28.9 Å². The molecule has 4 amide bonds. The Kier molecular flexibility index (Phi) is 9.80. The summed E-state index contributed by atoms with van der Waals surface area (Å²) in [5.74, 6) is -0.811. The molecule has 0 spiro atoms. The average molecular weight is 598 g/mol. The van der Waals surface area contributed by atoms with Crippen molar-refractivity contribution in [3.8, 4) is 0 Å². The summed E-state index contributed by atoms with van der Waals surface area (Å²) in [5.41, 5.74) is 1.40. The third-order valence-corrected chi connectivity index (χ3v) is 7.57. The molecule has 1 aliphatic rings. The summed E-state index contributed by atoms with van der Waals surface area (Å²) in [6.45, 7) is 0.616. The molecule has 0 radical (unpaired) electrons. The number of carbonyl (C=O) groups excluding carboxylic acids is 3. The maximum absolute atomic E-state index is 13.6. The summed E-state index contributed by atoms with van der Waals surface area (Å²) in [6.07, 6.45) is 1.08. The number of carbonyl (C=O) groups is 3. The molecule has 1 saturated heterocycles. The number of hydrogen-bond donors (Lipinski definition) is 2. The molecule has 2 atom stereocenters. The van der Waals surface area contributed by atoms with Gasteiger partial charge in [0.05, 0.1) is 15.0 Å². The van der Waals surface area contributed by atoms with Gasteiger partial charge in [-0.3, -0.25) is 19.7 Å². The summed E-state index contributed by atoms with van der Waals surface area (Å²) in [6, 6.07) is 17.8. The smallest absolute Gasteiger partial charge is 0.322 e. The first-order valence-corrected chi connectivity index (χ1v) is 13.7. The second-order valence-electron chi connectivity index (χ2n) is 9.75. The van der Waals surface area contributed by atoms with E-state index >= 15 is 0 Å². The highest BCUT2D eigenvalue weighted by atomic mass is 35.5. The normalized spacial score (nSPS) is 15.2. The van der Waals surface area contributed by atoms with Crippen molar-refractivity contribution in [1.29, 1.82) is 0 Å². The largest absolute Gasteiger partial charge is 0.342 e. The minimum absolute atomic E-state index is 0.0313. The highest BCUT2D eigenvalue weighted by Gasteiger charge is 2.37. The Bertz CT molecular complexity index is 1440. The number of para-hydroxylation sites is 2. The molecule has 4 rings (SSSR count).